The first-order valence-electron chi connectivity index (χ1n) is 6.84. The minimum Gasteiger partial charge on any atom is -0.361 e. The molecule has 0 bridgehead atoms. The Hall–Kier alpha value is -2.18. The first kappa shape index (κ1) is 14.7. The third kappa shape index (κ3) is 2.75. The minimum atomic E-state index is -3.57. The Morgan fingerprint density at radius 1 is 1.09 bits per heavy atom. The van der Waals surface area contributed by atoms with E-state index in [1.807, 2.05) is 30.3 Å². The maximum absolute atomic E-state index is 12.7. The number of sulfonamides is 1. The van der Waals surface area contributed by atoms with Crippen LogP contribution < -0.4 is 0 Å². The number of aromatic nitrogens is 1. The van der Waals surface area contributed by atoms with Crippen molar-refractivity contribution in [3.8, 4) is 0 Å². The molecular formula is C16H16N2O3S. The molecule has 22 heavy (non-hydrogen) atoms. The molecule has 3 aromatic rings. The van der Waals surface area contributed by atoms with Crippen LogP contribution >= 0.6 is 0 Å². The standard InChI is InChI=1S/C16H16N2O3S/c1-12-9-15(17-21-12)11-18(2)22(19,20)16-8-7-13-5-3-4-6-14(13)10-16/h3-10H,11H2,1-2H3. The van der Waals surface area contributed by atoms with Crippen molar-refractivity contribution >= 4 is 20.8 Å². The van der Waals surface area contributed by atoms with Crippen LogP contribution in [0.2, 0.25) is 0 Å². The van der Waals surface area contributed by atoms with Gasteiger partial charge in [-0.3, -0.25) is 0 Å². The number of aryl methyl sites for hydroxylation is 1. The summed E-state index contributed by atoms with van der Waals surface area (Å²) in [6, 6.07) is 14.5. The zero-order valence-corrected chi connectivity index (χ0v) is 13.2. The highest BCUT2D eigenvalue weighted by atomic mass is 32.2. The van der Waals surface area contributed by atoms with Crippen molar-refractivity contribution in [2.75, 3.05) is 7.05 Å². The van der Waals surface area contributed by atoms with Gasteiger partial charge >= 0.3 is 0 Å². The highest BCUT2D eigenvalue weighted by Crippen LogP contribution is 2.22. The first-order chi connectivity index (χ1) is 10.5. The van der Waals surface area contributed by atoms with Gasteiger partial charge in [0.05, 0.1) is 17.1 Å². The Labute approximate surface area is 129 Å². The predicted molar refractivity (Wildman–Crippen MR) is 83.8 cm³/mol. The molecule has 0 aliphatic heterocycles. The van der Waals surface area contributed by atoms with Gasteiger partial charge in [0.2, 0.25) is 10.0 Å². The van der Waals surface area contributed by atoms with Crippen LogP contribution in [0.15, 0.2) is 57.9 Å². The van der Waals surface area contributed by atoms with Crippen LogP contribution in [0.25, 0.3) is 10.8 Å². The average Bonchev–Trinajstić information content (AvgIpc) is 2.91. The third-order valence-corrected chi connectivity index (χ3v) is 5.29. The lowest BCUT2D eigenvalue weighted by Gasteiger charge is -2.16. The van der Waals surface area contributed by atoms with Crippen molar-refractivity contribution in [1.82, 2.24) is 9.46 Å². The van der Waals surface area contributed by atoms with Crippen LogP contribution in [-0.2, 0) is 16.6 Å². The fourth-order valence-corrected chi connectivity index (χ4v) is 3.49. The molecule has 0 N–H and O–H groups in total. The summed E-state index contributed by atoms with van der Waals surface area (Å²) < 4.78 is 31.6. The molecule has 1 aromatic heterocycles. The molecule has 3 rings (SSSR count). The van der Waals surface area contributed by atoms with Crippen molar-refractivity contribution in [2.45, 2.75) is 18.4 Å². The molecule has 0 fully saturated rings. The first-order valence-corrected chi connectivity index (χ1v) is 8.28. The lowest BCUT2D eigenvalue weighted by molar-refractivity contribution is 0.378. The van der Waals surface area contributed by atoms with Crippen LogP contribution in [0.1, 0.15) is 11.5 Å². The van der Waals surface area contributed by atoms with Gasteiger partial charge in [0.15, 0.2) is 0 Å². The normalized spacial score (nSPS) is 12.1. The molecule has 114 valence electrons. The van der Waals surface area contributed by atoms with Gasteiger partial charge in [-0.1, -0.05) is 35.5 Å². The molecule has 2 aromatic carbocycles. The fourth-order valence-electron chi connectivity index (χ4n) is 2.31. The Kier molecular flexibility index (Phi) is 3.72. The number of nitrogens with zero attached hydrogens (tertiary/aromatic N) is 2. The highest BCUT2D eigenvalue weighted by Gasteiger charge is 2.22. The van der Waals surface area contributed by atoms with E-state index < -0.39 is 10.0 Å². The molecular weight excluding hydrogens is 300 g/mol. The zero-order valence-electron chi connectivity index (χ0n) is 12.4. The Balaban J connectivity index is 1.92. The second kappa shape index (κ2) is 5.55. The van der Waals surface area contributed by atoms with Crippen molar-refractivity contribution in [3.63, 3.8) is 0 Å². The summed E-state index contributed by atoms with van der Waals surface area (Å²) in [6.07, 6.45) is 0. The van der Waals surface area contributed by atoms with Gasteiger partial charge in [-0.05, 0) is 29.8 Å². The molecule has 0 saturated heterocycles. The molecule has 0 radical (unpaired) electrons. The maximum Gasteiger partial charge on any atom is 0.243 e. The second-order valence-electron chi connectivity index (χ2n) is 5.20. The molecule has 0 saturated carbocycles. The van der Waals surface area contributed by atoms with Crippen molar-refractivity contribution in [1.29, 1.82) is 0 Å². The van der Waals surface area contributed by atoms with E-state index in [0.29, 0.717) is 11.5 Å². The van der Waals surface area contributed by atoms with E-state index in [2.05, 4.69) is 5.16 Å². The molecule has 0 atom stereocenters. The molecule has 0 amide bonds. The van der Waals surface area contributed by atoms with E-state index in [0.717, 1.165) is 10.8 Å². The summed E-state index contributed by atoms with van der Waals surface area (Å²) in [7, 11) is -2.03. The number of fused-ring (bicyclic) bond motifs is 1. The lowest BCUT2D eigenvalue weighted by Crippen LogP contribution is -2.26. The summed E-state index contributed by atoms with van der Waals surface area (Å²) in [5, 5.41) is 5.74. The Morgan fingerprint density at radius 3 is 2.50 bits per heavy atom. The van der Waals surface area contributed by atoms with Crippen LogP contribution in [-0.4, -0.2) is 24.9 Å². The van der Waals surface area contributed by atoms with E-state index in [4.69, 9.17) is 4.52 Å². The van der Waals surface area contributed by atoms with Crippen molar-refractivity contribution in [2.24, 2.45) is 0 Å². The average molecular weight is 316 g/mol. The third-order valence-electron chi connectivity index (χ3n) is 3.49. The summed E-state index contributed by atoms with van der Waals surface area (Å²) in [6.45, 7) is 1.95. The number of hydrogen-bond donors (Lipinski definition) is 0. The second-order valence-corrected chi connectivity index (χ2v) is 7.24. The lowest BCUT2D eigenvalue weighted by atomic mass is 10.1. The molecule has 0 spiro atoms. The largest absolute Gasteiger partial charge is 0.361 e. The smallest absolute Gasteiger partial charge is 0.243 e. The molecule has 0 aliphatic carbocycles. The quantitative estimate of drug-likeness (QED) is 0.742. The zero-order chi connectivity index (χ0) is 15.7. The molecule has 0 aliphatic rings. The van der Waals surface area contributed by atoms with E-state index in [1.54, 1.807) is 25.1 Å². The Bertz CT molecular complexity index is 916. The van der Waals surface area contributed by atoms with Crippen molar-refractivity contribution < 1.29 is 12.9 Å². The molecule has 1 heterocycles. The number of benzene rings is 2. The van der Waals surface area contributed by atoms with Gasteiger partial charge in [-0.15, -0.1) is 0 Å². The summed E-state index contributed by atoms with van der Waals surface area (Å²) in [4.78, 5) is 0.272. The van der Waals surface area contributed by atoms with Crippen LogP contribution in [0, 0.1) is 6.92 Å². The van der Waals surface area contributed by atoms with Gasteiger partial charge in [0, 0.05) is 13.1 Å². The van der Waals surface area contributed by atoms with Gasteiger partial charge in [0.1, 0.15) is 5.76 Å². The topological polar surface area (TPSA) is 63.4 Å². The van der Waals surface area contributed by atoms with E-state index in [9.17, 15) is 8.42 Å². The summed E-state index contributed by atoms with van der Waals surface area (Å²) in [5.41, 5.74) is 0.587. The Morgan fingerprint density at radius 2 is 1.82 bits per heavy atom. The predicted octanol–water partition coefficient (Wildman–Crippen LogP) is 2.96. The van der Waals surface area contributed by atoms with E-state index in [-0.39, 0.29) is 11.4 Å². The van der Waals surface area contributed by atoms with Crippen LogP contribution in [0.5, 0.6) is 0 Å². The number of rotatable bonds is 4. The van der Waals surface area contributed by atoms with Gasteiger partial charge in [-0.2, -0.15) is 4.31 Å². The molecule has 0 unspecified atom stereocenters. The molecule has 6 heteroatoms. The van der Waals surface area contributed by atoms with E-state index >= 15 is 0 Å². The summed E-state index contributed by atoms with van der Waals surface area (Å²) >= 11 is 0. The van der Waals surface area contributed by atoms with Crippen molar-refractivity contribution in [3.05, 3.63) is 60.0 Å². The fraction of sp³-hybridized carbons (Fsp3) is 0.188. The van der Waals surface area contributed by atoms with E-state index in [1.165, 1.54) is 11.4 Å². The monoisotopic (exact) mass is 316 g/mol. The van der Waals surface area contributed by atoms with Crippen LogP contribution in [0.4, 0.5) is 0 Å². The number of hydrogen-bond acceptors (Lipinski definition) is 4. The highest BCUT2D eigenvalue weighted by molar-refractivity contribution is 7.89. The van der Waals surface area contributed by atoms with Gasteiger partial charge in [0.25, 0.3) is 0 Å². The van der Waals surface area contributed by atoms with Gasteiger partial charge in [-0.25, -0.2) is 8.42 Å². The SMILES string of the molecule is Cc1cc(CN(C)S(=O)(=O)c2ccc3ccccc3c2)no1. The summed E-state index contributed by atoms with van der Waals surface area (Å²) in [5.74, 6) is 0.659. The molecule has 5 nitrogen and oxygen atoms in total. The maximum atomic E-state index is 12.7. The van der Waals surface area contributed by atoms with Crippen LogP contribution in [0.3, 0.4) is 0 Å². The minimum absolute atomic E-state index is 0.173. The van der Waals surface area contributed by atoms with Gasteiger partial charge < -0.3 is 4.52 Å².